The normalized spacial score (nSPS) is 19.3. The molecule has 2 N–H and O–H groups in total. The van der Waals surface area contributed by atoms with Gasteiger partial charge in [-0.2, -0.15) is 0 Å². The first-order valence-electron chi connectivity index (χ1n) is 6.68. The van der Waals surface area contributed by atoms with Gasteiger partial charge in [0.05, 0.1) is 12.2 Å². The minimum atomic E-state index is -0.549. The summed E-state index contributed by atoms with van der Waals surface area (Å²) in [6.45, 7) is 2.30. The van der Waals surface area contributed by atoms with Crippen LogP contribution in [0.1, 0.15) is 23.7 Å². The van der Waals surface area contributed by atoms with E-state index in [4.69, 9.17) is 5.73 Å². The summed E-state index contributed by atoms with van der Waals surface area (Å²) >= 11 is 2.24. The predicted molar refractivity (Wildman–Crippen MR) is 93.0 cm³/mol. The van der Waals surface area contributed by atoms with Crippen molar-refractivity contribution in [2.24, 2.45) is 5.73 Å². The third-order valence-corrected chi connectivity index (χ3v) is 3.97. The van der Waals surface area contributed by atoms with Crippen LogP contribution in [0, 0.1) is 0 Å². The molecule has 0 saturated carbocycles. The van der Waals surface area contributed by atoms with Gasteiger partial charge in [-0.1, -0.05) is 46.9 Å². The zero-order chi connectivity index (χ0) is 15.4. The Hall–Kier alpha value is -1.63. The summed E-state index contributed by atoms with van der Waals surface area (Å²) in [5.74, 6) is 0.00371. The van der Waals surface area contributed by atoms with Gasteiger partial charge in [-0.25, -0.2) is 4.79 Å². The van der Waals surface area contributed by atoms with Crippen LogP contribution in [0.5, 0.6) is 0 Å². The van der Waals surface area contributed by atoms with Crippen LogP contribution in [-0.4, -0.2) is 22.8 Å². The molecule has 1 aromatic carbocycles. The molecular weight excluding hydrogens is 379 g/mol. The molecule has 4 nitrogen and oxygen atoms in total. The molecule has 0 bridgehead atoms. The molecule has 1 aliphatic heterocycles. The molecule has 0 unspecified atom stereocenters. The molecule has 2 rings (SSSR count). The molecule has 0 spiro atoms. The first-order chi connectivity index (χ1) is 10.1. The lowest BCUT2D eigenvalue weighted by Gasteiger charge is -2.28. The second-order valence-electron chi connectivity index (χ2n) is 4.74. The zero-order valence-electron chi connectivity index (χ0n) is 11.8. The Morgan fingerprint density at radius 1 is 1.38 bits per heavy atom. The van der Waals surface area contributed by atoms with E-state index >= 15 is 0 Å². The average molecular weight is 396 g/mol. The lowest BCUT2D eigenvalue weighted by Crippen LogP contribution is -2.39. The lowest BCUT2D eigenvalue weighted by atomic mass is 9.93. The number of hydrogen-bond donors (Lipinski definition) is 1. The van der Waals surface area contributed by atoms with E-state index in [1.807, 2.05) is 25.1 Å². The lowest BCUT2D eigenvalue weighted by molar-refractivity contribution is 0.0993. The van der Waals surface area contributed by atoms with E-state index in [2.05, 4.69) is 22.6 Å². The number of anilines is 1. The molecule has 0 atom stereocenters. The number of benzene rings is 1. The summed E-state index contributed by atoms with van der Waals surface area (Å²) in [5, 5.41) is 0. The molecule has 1 aromatic rings. The van der Waals surface area contributed by atoms with Gasteiger partial charge >= 0.3 is 6.03 Å². The molecule has 21 heavy (non-hydrogen) atoms. The average Bonchev–Trinajstić information content (AvgIpc) is 2.47. The van der Waals surface area contributed by atoms with E-state index in [0.29, 0.717) is 24.2 Å². The van der Waals surface area contributed by atoms with Crippen molar-refractivity contribution in [3.05, 3.63) is 53.1 Å². The fourth-order valence-corrected chi connectivity index (χ4v) is 2.99. The van der Waals surface area contributed by atoms with Crippen LogP contribution in [0.4, 0.5) is 10.5 Å². The van der Waals surface area contributed by atoms with Gasteiger partial charge in [0, 0.05) is 16.4 Å². The van der Waals surface area contributed by atoms with Gasteiger partial charge in [0.15, 0.2) is 5.78 Å². The molecule has 5 heteroatoms. The Balaban J connectivity index is 2.60. The number of rotatable bonds is 1. The molecular formula is C16H17IN2O2. The largest absolute Gasteiger partial charge is 0.351 e. The smallest absolute Gasteiger partial charge is 0.319 e. The summed E-state index contributed by atoms with van der Waals surface area (Å²) < 4.78 is 0.812. The standard InChI is InChI=1S/C16H17IN2O2/c1-2-11-9-15(20)13-5-3-4-6-14(13)19(16(18)21)10-12(11)7-8-17/h2-7H,8-10H2,1H3,(H2,18,21)/b11-2-,12-7-. The highest BCUT2D eigenvalue weighted by Crippen LogP contribution is 2.30. The number of halogens is 1. The first-order valence-corrected chi connectivity index (χ1v) is 8.20. The van der Waals surface area contributed by atoms with Gasteiger partial charge < -0.3 is 5.73 Å². The minimum Gasteiger partial charge on any atom is -0.351 e. The van der Waals surface area contributed by atoms with Crippen LogP contribution >= 0.6 is 22.6 Å². The van der Waals surface area contributed by atoms with Crippen LogP contribution in [0.15, 0.2) is 47.6 Å². The maximum absolute atomic E-state index is 12.5. The molecule has 1 heterocycles. The van der Waals surface area contributed by atoms with Crippen LogP contribution in [0.25, 0.3) is 0 Å². The quantitative estimate of drug-likeness (QED) is 0.584. The second-order valence-corrected chi connectivity index (χ2v) is 5.62. The van der Waals surface area contributed by atoms with Gasteiger partial charge in [-0.15, -0.1) is 0 Å². The van der Waals surface area contributed by atoms with Crippen LogP contribution in [0.3, 0.4) is 0 Å². The number of alkyl halides is 1. The number of Topliss-reactive ketones (excluding diaryl/α,β-unsaturated/α-hetero) is 1. The van der Waals surface area contributed by atoms with Crippen molar-refractivity contribution in [1.82, 2.24) is 0 Å². The summed E-state index contributed by atoms with van der Waals surface area (Å²) in [4.78, 5) is 25.8. The van der Waals surface area contributed by atoms with Crippen LogP contribution in [0.2, 0.25) is 0 Å². The number of carbonyl (C=O) groups excluding carboxylic acids is 2. The highest BCUT2D eigenvalue weighted by molar-refractivity contribution is 14.1. The van der Waals surface area contributed by atoms with Crippen molar-refractivity contribution in [2.75, 3.05) is 15.9 Å². The van der Waals surface area contributed by atoms with Gasteiger partial charge in [0.1, 0.15) is 0 Å². The molecule has 0 fully saturated rings. The number of hydrogen-bond acceptors (Lipinski definition) is 2. The third-order valence-electron chi connectivity index (χ3n) is 3.53. The minimum absolute atomic E-state index is 0.00371. The van der Waals surface area contributed by atoms with Crippen LogP contribution < -0.4 is 10.6 Å². The summed E-state index contributed by atoms with van der Waals surface area (Å²) in [6.07, 6.45) is 4.32. The van der Waals surface area contributed by atoms with E-state index in [1.54, 1.807) is 18.2 Å². The number of ketones is 1. The van der Waals surface area contributed by atoms with Crippen molar-refractivity contribution >= 4 is 40.1 Å². The summed E-state index contributed by atoms with van der Waals surface area (Å²) in [7, 11) is 0. The second kappa shape index (κ2) is 6.89. The number of allylic oxidation sites excluding steroid dienone is 2. The molecule has 110 valence electrons. The Morgan fingerprint density at radius 3 is 2.71 bits per heavy atom. The number of nitrogens with two attached hydrogens (primary N) is 1. The monoisotopic (exact) mass is 396 g/mol. The third kappa shape index (κ3) is 3.34. The molecule has 0 aliphatic carbocycles. The van der Waals surface area contributed by atoms with Crippen LogP contribution in [-0.2, 0) is 0 Å². The van der Waals surface area contributed by atoms with Gasteiger partial charge in [0.2, 0.25) is 0 Å². The summed E-state index contributed by atoms with van der Waals surface area (Å²) in [5.41, 5.74) is 8.59. The highest BCUT2D eigenvalue weighted by atomic mass is 127. The van der Waals surface area contributed by atoms with Crippen molar-refractivity contribution in [3.63, 3.8) is 0 Å². The first kappa shape index (κ1) is 15.8. The Bertz CT molecular complexity index is 635. The van der Waals surface area contributed by atoms with E-state index < -0.39 is 6.03 Å². The number of fused-ring (bicyclic) bond motifs is 1. The number of nitrogens with zero attached hydrogens (tertiary/aromatic N) is 1. The molecule has 1 aliphatic rings. The number of urea groups is 1. The fourth-order valence-electron chi connectivity index (χ4n) is 2.46. The molecule has 0 saturated heterocycles. The van der Waals surface area contributed by atoms with Gasteiger partial charge in [-0.05, 0) is 30.2 Å². The van der Waals surface area contributed by atoms with E-state index in [0.717, 1.165) is 15.6 Å². The summed E-state index contributed by atoms with van der Waals surface area (Å²) in [6, 6.07) is 6.57. The molecule has 2 amide bonds. The molecule has 0 radical (unpaired) electrons. The Labute approximate surface area is 137 Å². The van der Waals surface area contributed by atoms with Crippen molar-refractivity contribution < 1.29 is 9.59 Å². The maximum Gasteiger partial charge on any atom is 0.319 e. The van der Waals surface area contributed by atoms with Crippen molar-refractivity contribution in [3.8, 4) is 0 Å². The van der Waals surface area contributed by atoms with E-state index in [1.165, 1.54) is 4.90 Å². The Morgan fingerprint density at radius 2 is 2.10 bits per heavy atom. The van der Waals surface area contributed by atoms with Crippen molar-refractivity contribution in [1.29, 1.82) is 0 Å². The van der Waals surface area contributed by atoms with E-state index in [9.17, 15) is 9.59 Å². The maximum atomic E-state index is 12.5. The van der Waals surface area contributed by atoms with E-state index in [-0.39, 0.29) is 5.78 Å². The van der Waals surface area contributed by atoms with Crippen molar-refractivity contribution in [2.45, 2.75) is 13.3 Å². The fraction of sp³-hybridized carbons (Fsp3) is 0.250. The number of primary amides is 1. The Kier molecular flexibility index (Phi) is 5.17. The van der Waals surface area contributed by atoms with Gasteiger partial charge in [-0.3, -0.25) is 9.69 Å². The topological polar surface area (TPSA) is 63.4 Å². The molecule has 0 aromatic heterocycles. The SMILES string of the molecule is C/C=C1/CC(=O)c2ccccc2N(C(N)=O)C/C1=C/CI. The predicted octanol–water partition coefficient (Wildman–Crippen LogP) is 3.47. The highest BCUT2D eigenvalue weighted by Gasteiger charge is 2.25. The zero-order valence-corrected chi connectivity index (χ0v) is 14.0. The number of para-hydroxylation sites is 1. The number of amides is 2. The van der Waals surface area contributed by atoms with Gasteiger partial charge in [0.25, 0.3) is 0 Å². The number of carbonyl (C=O) groups is 2.